The van der Waals surface area contributed by atoms with Crippen molar-refractivity contribution in [3.8, 4) is 11.5 Å². The highest BCUT2D eigenvalue weighted by Crippen LogP contribution is 2.38. The summed E-state index contributed by atoms with van der Waals surface area (Å²) < 4.78 is 51.2. The Morgan fingerprint density at radius 1 is 1.13 bits per heavy atom. The molecule has 31 heavy (non-hydrogen) atoms. The van der Waals surface area contributed by atoms with Gasteiger partial charge in [0.1, 0.15) is 0 Å². The molecule has 1 N–H and O–H groups in total. The zero-order valence-electron chi connectivity index (χ0n) is 16.7. The lowest BCUT2D eigenvalue weighted by molar-refractivity contribution is -0.138. The van der Waals surface area contributed by atoms with Gasteiger partial charge >= 0.3 is 6.18 Å². The molecule has 1 saturated carbocycles. The number of hydrogen-bond acceptors (Lipinski definition) is 4. The third-order valence-corrected chi connectivity index (χ3v) is 5.53. The first-order valence-electron chi connectivity index (χ1n) is 10.1. The van der Waals surface area contributed by atoms with Gasteiger partial charge in [-0.1, -0.05) is 29.8 Å². The van der Waals surface area contributed by atoms with Crippen molar-refractivity contribution in [2.24, 2.45) is 0 Å². The second-order valence-electron chi connectivity index (χ2n) is 7.67. The van der Waals surface area contributed by atoms with Crippen LogP contribution in [0.15, 0.2) is 36.4 Å². The zero-order valence-corrected chi connectivity index (χ0v) is 17.4. The van der Waals surface area contributed by atoms with Crippen LogP contribution in [0.5, 0.6) is 11.5 Å². The molecular formula is C22H22ClF3N2O3. The molecule has 0 atom stereocenters. The summed E-state index contributed by atoms with van der Waals surface area (Å²) >= 11 is 6.28. The van der Waals surface area contributed by atoms with Crippen LogP contribution in [0.3, 0.4) is 0 Å². The Hall–Kier alpha value is -2.45. The van der Waals surface area contributed by atoms with Crippen LogP contribution in [0, 0.1) is 0 Å². The Morgan fingerprint density at radius 2 is 1.81 bits per heavy atom. The molecule has 1 heterocycles. The molecular weight excluding hydrogens is 433 g/mol. The minimum atomic E-state index is -4.44. The van der Waals surface area contributed by atoms with E-state index in [1.807, 2.05) is 0 Å². The van der Waals surface area contributed by atoms with E-state index in [-0.39, 0.29) is 30.6 Å². The van der Waals surface area contributed by atoms with E-state index in [9.17, 15) is 18.0 Å². The van der Waals surface area contributed by atoms with Crippen molar-refractivity contribution < 1.29 is 27.4 Å². The lowest BCUT2D eigenvalue weighted by Gasteiger charge is -2.23. The number of nitrogens with zero attached hydrogens (tertiary/aromatic N) is 1. The zero-order chi connectivity index (χ0) is 22.0. The van der Waals surface area contributed by atoms with Gasteiger partial charge in [-0.2, -0.15) is 13.2 Å². The fraction of sp³-hybridized carbons (Fsp3) is 0.409. The minimum Gasteiger partial charge on any atom is -0.490 e. The quantitative estimate of drug-likeness (QED) is 0.658. The molecule has 1 aliphatic carbocycles. The van der Waals surface area contributed by atoms with Crippen molar-refractivity contribution in [2.75, 3.05) is 25.1 Å². The van der Waals surface area contributed by atoms with Gasteiger partial charge in [-0.25, -0.2) is 0 Å². The van der Waals surface area contributed by atoms with Crippen molar-refractivity contribution >= 4 is 23.2 Å². The molecule has 0 aromatic heterocycles. The Morgan fingerprint density at radius 3 is 2.48 bits per heavy atom. The SMILES string of the molecule is O=C(CN(Cc1ccccc1C(F)(F)F)C1CC1)Nc1cc2c(cc1Cl)OCCCO2. The minimum absolute atomic E-state index is 0.0401. The monoisotopic (exact) mass is 454 g/mol. The average molecular weight is 455 g/mol. The fourth-order valence-corrected chi connectivity index (χ4v) is 3.76. The number of benzene rings is 2. The molecule has 0 bridgehead atoms. The number of rotatable bonds is 6. The lowest BCUT2D eigenvalue weighted by atomic mass is 10.1. The number of halogens is 4. The third kappa shape index (κ3) is 5.43. The summed E-state index contributed by atoms with van der Waals surface area (Å²) in [7, 11) is 0. The number of ether oxygens (including phenoxy) is 2. The molecule has 2 aliphatic rings. The molecule has 4 rings (SSSR count). The van der Waals surface area contributed by atoms with Crippen molar-refractivity contribution in [1.82, 2.24) is 4.90 Å². The highest BCUT2D eigenvalue weighted by atomic mass is 35.5. The van der Waals surface area contributed by atoms with Crippen LogP contribution >= 0.6 is 11.6 Å². The van der Waals surface area contributed by atoms with Gasteiger partial charge in [0.15, 0.2) is 11.5 Å². The number of hydrogen-bond donors (Lipinski definition) is 1. The van der Waals surface area contributed by atoms with E-state index in [0.717, 1.165) is 25.3 Å². The lowest BCUT2D eigenvalue weighted by Crippen LogP contribution is -2.35. The number of carbonyl (C=O) groups is 1. The molecule has 1 fully saturated rings. The van der Waals surface area contributed by atoms with Crippen LogP contribution in [0.4, 0.5) is 18.9 Å². The van der Waals surface area contributed by atoms with E-state index in [2.05, 4.69) is 5.32 Å². The maximum atomic E-state index is 13.3. The smallest absolute Gasteiger partial charge is 0.416 e. The van der Waals surface area contributed by atoms with E-state index >= 15 is 0 Å². The fourth-order valence-electron chi connectivity index (χ4n) is 3.56. The van der Waals surface area contributed by atoms with E-state index in [1.165, 1.54) is 12.1 Å². The summed E-state index contributed by atoms with van der Waals surface area (Å²) in [6.45, 7) is 1.02. The number of fused-ring (bicyclic) bond motifs is 1. The highest BCUT2D eigenvalue weighted by Gasteiger charge is 2.36. The van der Waals surface area contributed by atoms with Crippen LogP contribution in [-0.4, -0.2) is 36.6 Å². The van der Waals surface area contributed by atoms with Crippen LogP contribution in [-0.2, 0) is 17.5 Å². The summed E-state index contributed by atoms with van der Waals surface area (Å²) in [5, 5.41) is 3.06. The molecule has 0 spiro atoms. The number of alkyl halides is 3. The van der Waals surface area contributed by atoms with Crippen molar-refractivity contribution in [3.05, 3.63) is 52.5 Å². The first kappa shape index (κ1) is 21.8. The van der Waals surface area contributed by atoms with Gasteiger partial charge in [0, 0.05) is 31.1 Å². The summed E-state index contributed by atoms with van der Waals surface area (Å²) in [4.78, 5) is 14.5. The Bertz CT molecular complexity index is 964. The average Bonchev–Trinajstić information content (AvgIpc) is 3.55. The standard InChI is InChI=1S/C22H22ClF3N2O3/c23-17-10-19-20(31-9-3-8-30-19)11-18(17)27-21(29)13-28(15-6-7-15)12-14-4-1-2-5-16(14)22(24,25)26/h1-2,4-5,10-11,15H,3,6-9,12-13H2,(H,27,29). The topological polar surface area (TPSA) is 50.8 Å². The van der Waals surface area contributed by atoms with Crippen molar-refractivity contribution in [3.63, 3.8) is 0 Å². The first-order chi connectivity index (χ1) is 14.8. The molecule has 0 unspecified atom stereocenters. The van der Waals surface area contributed by atoms with Crippen molar-refractivity contribution in [1.29, 1.82) is 0 Å². The van der Waals surface area contributed by atoms with E-state index in [0.29, 0.717) is 35.4 Å². The molecule has 0 radical (unpaired) electrons. The van der Waals surface area contributed by atoms with E-state index < -0.39 is 11.7 Å². The van der Waals surface area contributed by atoms with Gasteiger partial charge < -0.3 is 14.8 Å². The van der Waals surface area contributed by atoms with Gasteiger partial charge in [-0.15, -0.1) is 0 Å². The van der Waals surface area contributed by atoms with Crippen LogP contribution in [0.1, 0.15) is 30.4 Å². The van der Waals surface area contributed by atoms with Crippen LogP contribution in [0.25, 0.3) is 0 Å². The number of carbonyl (C=O) groups excluding carboxylic acids is 1. The molecule has 1 amide bonds. The Kier molecular flexibility index (Phi) is 6.29. The predicted molar refractivity (Wildman–Crippen MR) is 111 cm³/mol. The summed E-state index contributed by atoms with van der Waals surface area (Å²) in [5.41, 5.74) is -0.141. The molecule has 2 aromatic rings. The number of nitrogens with one attached hydrogen (secondary N) is 1. The largest absolute Gasteiger partial charge is 0.490 e. The number of anilines is 1. The van der Waals surface area contributed by atoms with Crippen LogP contribution < -0.4 is 14.8 Å². The molecule has 5 nitrogen and oxygen atoms in total. The Labute approximate surface area is 183 Å². The van der Waals surface area contributed by atoms with E-state index in [1.54, 1.807) is 23.1 Å². The first-order valence-corrected chi connectivity index (χ1v) is 10.5. The maximum absolute atomic E-state index is 13.3. The summed E-state index contributed by atoms with van der Waals surface area (Å²) in [6, 6.07) is 8.76. The number of amides is 1. The second-order valence-corrected chi connectivity index (χ2v) is 8.08. The molecule has 2 aromatic carbocycles. The van der Waals surface area contributed by atoms with E-state index in [4.69, 9.17) is 21.1 Å². The maximum Gasteiger partial charge on any atom is 0.416 e. The predicted octanol–water partition coefficient (Wildman–Crippen LogP) is 5.12. The molecule has 166 valence electrons. The third-order valence-electron chi connectivity index (χ3n) is 5.22. The molecule has 0 saturated heterocycles. The summed E-state index contributed by atoms with van der Waals surface area (Å²) in [5.74, 6) is 0.659. The summed E-state index contributed by atoms with van der Waals surface area (Å²) in [6.07, 6.45) is -1.99. The molecule has 1 aliphatic heterocycles. The second kappa shape index (κ2) is 8.96. The Balaban J connectivity index is 1.47. The normalized spacial score (nSPS) is 16.2. The van der Waals surface area contributed by atoms with Gasteiger partial charge in [0.25, 0.3) is 0 Å². The molecule has 9 heteroatoms. The van der Waals surface area contributed by atoms with Crippen LogP contribution in [0.2, 0.25) is 5.02 Å². The van der Waals surface area contributed by atoms with Gasteiger partial charge in [-0.3, -0.25) is 9.69 Å². The van der Waals surface area contributed by atoms with Gasteiger partial charge in [0.05, 0.1) is 36.0 Å². The highest BCUT2D eigenvalue weighted by molar-refractivity contribution is 6.34. The van der Waals surface area contributed by atoms with Gasteiger partial charge in [0.2, 0.25) is 5.91 Å². The van der Waals surface area contributed by atoms with Crippen molar-refractivity contribution in [2.45, 2.75) is 38.0 Å². The van der Waals surface area contributed by atoms with Gasteiger partial charge in [-0.05, 0) is 24.5 Å².